The number of halogens is 3. The Morgan fingerprint density at radius 3 is 2.67 bits per heavy atom. The summed E-state index contributed by atoms with van der Waals surface area (Å²) in [6.07, 6.45) is 2.94. The molecule has 9 heteroatoms. The highest BCUT2D eigenvalue weighted by atomic mass is 127. The fourth-order valence-electron chi connectivity index (χ4n) is 2.61. The molecule has 1 aromatic rings. The van der Waals surface area contributed by atoms with E-state index in [1.54, 1.807) is 18.2 Å². The molecular formula is C18H27Cl2IN4O2. The minimum atomic E-state index is 0. The van der Waals surface area contributed by atoms with Crippen molar-refractivity contribution in [1.29, 1.82) is 0 Å². The molecule has 2 rings (SSSR count). The van der Waals surface area contributed by atoms with Crippen LogP contribution in [0, 0.1) is 0 Å². The fourth-order valence-corrected chi connectivity index (χ4v) is 3.07. The lowest BCUT2D eigenvalue weighted by Gasteiger charge is -2.15. The SMILES string of the molecule is CCNC(=NCC(=O)N1CCCC1)NCCCOc1ccc(Cl)cc1Cl.I. The predicted molar refractivity (Wildman–Crippen MR) is 122 cm³/mol. The Kier molecular flexibility index (Phi) is 11.9. The third-order valence-electron chi connectivity index (χ3n) is 3.94. The molecule has 0 unspecified atom stereocenters. The number of carbonyl (C=O) groups excluding carboxylic acids is 1. The van der Waals surface area contributed by atoms with E-state index < -0.39 is 0 Å². The Bertz CT molecular complexity index is 625. The molecule has 1 amide bonds. The molecule has 0 radical (unpaired) electrons. The zero-order valence-electron chi connectivity index (χ0n) is 15.5. The molecule has 1 heterocycles. The van der Waals surface area contributed by atoms with Crippen molar-refractivity contribution in [3.05, 3.63) is 28.2 Å². The average Bonchev–Trinajstić information content (AvgIpc) is 3.15. The maximum atomic E-state index is 12.1. The Morgan fingerprint density at radius 1 is 1.26 bits per heavy atom. The summed E-state index contributed by atoms with van der Waals surface area (Å²) >= 11 is 11.9. The van der Waals surface area contributed by atoms with Gasteiger partial charge in [0.15, 0.2) is 5.96 Å². The molecule has 0 aromatic heterocycles. The number of likely N-dealkylation sites (tertiary alicyclic amines) is 1. The van der Waals surface area contributed by atoms with E-state index in [2.05, 4.69) is 15.6 Å². The smallest absolute Gasteiger partial charge is 0.244 e. The first-order valence-electron chi connectivity index (χ1n) is 8.98. The predicted octanol–water partition coefficient (Wildman–Crippen LogP) is 3.56. The third-order valence-corrected chi connectivity index (χ3v) is 4.47. The van der Waals surface area contributed by atoms with Gasteiger partial charge in [0.25, 0.3) is 0 Å². The summed E-state index contributed by atoms with van der Waals surface area (Å²) in [6.45, 7) is 5.79. The second-order valence-electron chi connectivity index (χ2n) is 5.99. The molecular weight excluding hydrogens is 502 g/mol. The zero-order valence-corrected chi connectivity index (χ0v) is 19.3. The van der Waals surface area contributed by atoms with E-state index in [-0.39, 0.29) is 36.4 Å². The molecule has 152 valence electrons. The number of rotatable bonds is 8. The van der Waals surface area contributed by atoms with Crippen LogP contribution in [0.15, 0.2) is 23.2 Å². The lowest BCUT2D eigenvalue weighted by molar-refractivity contribution is -0.128. The maximum Gasteiger partial charge on any atom is 0.244 e. The van der Waals surface area contributed by atoms with E-state index in [0.717, 1.165) is 38.9 Å². The van der Waals surface area contributed by atoms with Crippen LogP contribution in [0.4, 0.5) is 0 Å². The van der Waals surface area contributed by atoms with E-state index in [1.807, 2.05) is 11.8 Å². The number of guanidine groups is 1. The van der Waals surface area contributed by atoms with Crippen molar-refractivity contribution < 1.29 is 9.53 Å². The van der Waals surface area contributed by atoms with Gasteiger partial charge in [-0.25, -0.2) is 4.99 Å². The number of hydrogen-bond acceptors (Lipinski definition) is 3. The standard InChI is InChI=1S/C18H26Cl2N4O2.HI/c1-2-21-18(23-13-17(25)24-9-3-4-10-24)22-8-5-11-26-16-7-6-14(19)12-15(16)20;/h6-7,12H,2-5,8-11,13H2,1H3,(H2,21,22,23);1H. The quantitative estimate of drug-likeness (QED) is 0.234. The fraction of sp³-hybridized carbons (Fsp3) is 0.556. The molecule has 6 nitrogen and oxygen atoms in total. The Hall–Kier alpha value is -0.930. The summed E-state index contributed by atoms with van der Waals surface area (Å²) in [4.78, 5) is 18.3. The summed E-state index contributed by atoms with van der Waals surface area (Å²) in [5.41, 5.74) is 0. The van der Waals surface area contributed by atoms with Crippen LogP contribution in [0.25, 0.3) is 0 Å². The third kappa shape index (κ3) is 8.74. The second-order valence-corrected chi connectivity index (χ2v) is 6.83. The highest BCUT2D eigenvalue weighted by molar-refractivity contribution is 14.0. The van der Waals surface area contributed by atoms with Gasteiger partial charge in [-0.2, -0.15) is 0 Å². The van der Waals surface area contributed by atoms with Crippen molar-refractivity contribution in [2.75, 3.05) is 39.3 Å². The number of nitrogens with zero attached hydrogens (tertiary/aromatic N) is 2. The maximum absolute atomic E-state index is 12.1. The Labute approximate surface area is 188 Å². The van der Waals surface area contributed by atoms with Crippen molar-refractivity contribution in [3.8, 4) is 5.75 Å². The van der Waals surface area contributed by atoms with Crippen molar-refractivity contribution >= 4 is 59.0 Å². The van der Waals surface area contributed by atoms with Crippen LogP contribution in [-0.2, 0) is 4.79 Å². The summed E-state index contributed by atoms with van der Waals surface area (Å²) < 4.78 is 5.65. The molecule has 2 N–H and O–H groups in total. The lowest BCUT2D eigenvalue weighted by atomic mass is 10.3. The Balaban J connectivity index is 0.00000364. The van der Waals surface area contributed by atoms with Gasteiger partial charge in [-0.05, 0) is 44.4 Å². The Morgan fingerprint density at radius 2 is 2.00 bits per heavy atom. The molecule has 27 heavy (non-hydrogen) atoms. The summed E-state index contributed by atoms with van der Waals surface area (Å²) in [7, 11) is 0. The van der Waals surface area contributed by atoms with Gasteiger partial charge in [0.2, 0.25) is 5.91 Å². The van der Waals surface area contributed by atoms with E-state index in [1.165, 1.54) is 0 Å². The number of aliphatic imine (C=N–C) groups is 1. The number of nitrogens with one attached hydrogen (secondary N) is 2. The first-order valence-corrected chi connectivity index (χ1v) is 9.73. The number of hydrogen-bond donors (Lipinski definition) is 2. The highest BCUT2D eigenvalue weighted by Crippen LogP contribution is 2.27. The molecule has 0 atom stereocenters. The monoisotopic (exact) mass is 528 g/mol. The molecule has 1 aliphatic heterocycles. The topological polar surface area (TPSA) is 66.0 Å². The van der Waals surface area contributed by atoms with Gasteiger partial charge in [0, 0.05) is 31.2 Å². The summed E-state index contributed by atoms with van der Waals surface area (Å²) in [6, 6.07) is 5.16. The van der Waals surface area contributed by atoms with Crippen LogP contribution < -0.4 is 15.4 Å². The second kappa shape index (κ2) is 13.3. The van der Waals surface area contributed by atoms with Crippen LogP contribution in [0.1, 0.15) is 26.2 Å². The summed E-state index contributed by atoms with van der Waals surface area (Å²) in [5.74, 6) is 1.35. The van der Waals surface area contributed by atoms with E-state index in [4.69, 9.17) is 27.9 Å². The van der Waals surface area contributed by atoms with Gasteiger partial charge in [0.1, 0.15) is 12.3 Å². The zero-order chi connectivity index (χ0) is 18.8. The molecule has 1 aliphatic rings. The van der Waals surface area contributed by atoms with Crippen molar-refractivity contribution in [3.63, 3.8) is 0 Å². The molecule has 1 saturated heterocycles. The summed E-state index contributed by atoms with van der Waals surface area (Å²) in [5, 5.41) is 7.44. The van der Waals surface area contributed by atoms with Crippen LogP contribution in [0.3, 0.4) is 0 Å². The largest absolute Gasteiger partial charge is 0.492 e. The molecule has 0 spiro atoms. The van der Waals surface area contributed by atoms with Crippen LogP contribution in [-0.4, -0.2) is 56.1 Å². The van der Waals surface area contributed by atoms with Crippen LogP contribution in [0.2, 0.25) is 10.0 Å². The minimum Gasteiger partial charge on any atom is -0.492 e. The van der Waals surface area contributed by atoms with Crippen LogP contribution >= 0.6 is 47.2 Å². The molecule has 0 aliphatic carbocycles. The van der Waals surface area contributed by atoms with Gasteiger partial charge in [-0.3, -0.25) is 4.79 Å². The average molecular weight is 529 g/mol. The van der Waals surface area contributed by atoms with Crippen molar-refractivity contribution in [2.45, 2.75) is 26.2 Å². The minimum absolute atomic E-state index is 0. The van der Waals surface area contributed by atoms with E-state index >= 15 is 0 Å². The van der Waals surface area contributed by atoms with Gasteiger partial charge in [-0.1, -0.05) is 23.2 Å². The van der Waals surface area contributed by atoms with Crippen molar-refractivity contribution in [2.24, 2.45) is 4.99 Å². The number of ether oxygens (including phenoxy) is 1. The number of amides is 1. The first-order chi connectivity index (χ1) is 12.6. The lowest BCUT2D eigenvalue weighted by Crippen LogP contribution is -2.39. The number of carbonyl (C=O) groups is 1. The van der Waals surface area contributed by atoms with Gasteiger partial charge in [-0.15, -0.1) is 24.0 Å². The van der Waals surface area contributed by atoms with Gasteiger partial charge in [0.05, 0.1) is 11.6 Å². The molecule has 0 bridgehead atoms. The highest BCUT2D eigenvalue weighted by Gasteiger charge is 2.17. The molecule has 1 aromatic carbocycles. The molecule has 1 fully saturated rings. The molecule has 0 saturated carbocycles. The normalized spacial score (nSPS) is 13.9. The van der Waals surface area contributed by atoms with E-state index in [0.29, 0.717) is 34.9 Å². The van der Waals surface area contributed by atoms with Crippen molar-refractivity contribution in [1.82, 2.24) is 15.5 Å². The number of benzene rings is 1. The van der Waals surface area contributed by atoms with Crippen LogP contribution in [0.5, 0.6) is 5.75 Å². The van der Waals surface area contributed by atoms with Gasteiger partial charge >= 0.3 is 0 Å². The first kappa shape index (κ1) is 24.1. The van der Waals surface area contributed by atoms with E-state index in [9.17, 15) is 4.79 Å². The van der Waals surface area contributed by atoms with Gasteiger partial charge < -0.3 is 20.3 Å².